The lowest BCUT2D eigenvalue weighted by molar-refractivity contribution is 0.107. The molecule has 1 heterocycles. The summed E-state index contributed by atoms with van der Waals surface area (Å²) in [6, 6.07) is 8.56. The van der Waals surface area contributed by atoms with E-state index >= 15 is 0 Å². The zero-order valence-corrected chi connectivity index (χ0v) is 7.99. The molecule has 1 saturated heterocycles. The lowest BCUT2D eigenvalue weighted by Crippen LogP contribution is -2.32. The van der Waals surface area contributed by atoms with Crippen molar-refractivity contribution in [1.29, 1.82) is 0 Å². The van der Waals surface area contributed by atoms with E-state index in [2.05, 4.69) is 36.1 Å². The van der Waals surface area contributed by atoms with E-state index in [9.17, 15) is 0 Å². The van der Waals surface area contributed by atoms with Gasteiger partial charge in [-0.15, -0.1) is 0 Å². The highest BCUT2D eigenvalue weighted by atomic mass is 16.5. The second kappa shape index (κ2) is 3.79. The minimum Gasteiger partial charge on any atom is -0.361 e. The van der Waals surface area contributed by atoms with E-state index in [1.54, 1.807) is 0 Å². The number of hydrogen-bond acceptors (Lipinski definition) is 2. The van der Waals surface area contributed by atoms with Crippen LogP contribution in [-0.2, 0) is 4.74 Å². The number of benzene rings is 1. The molecule has 0 atom stereocenters. The van der Waals surface area contributed by atoms with Gasteiger partial charge in [0.2, 0.25) is 0 Å². The molecule has 1 aliphatic heterocycles. The van der Waals surface area contributed by atoms with Crippen molar-refractivity contribution in [2.75, 3.05) is 24.8 Å². The van der Waals surface area contributed by atoms with E-state index in [4.69, 9.17) is 4.74 Å². The van der Waals surface area contributed by atoms with Crippen LogP contribution in [0.1, 0.15) is 12.0 Å². The zero-order valence-electron chi connectivity index (χ0n) is 7.99. The Labute approximate surface area is 79.1 Å². The highest BCUT2D eigenvalue weighted by molar-refractivity contribution is 5.48. The van der Waals surface area contributed by atoms with Gasteiger partial charge in [0.15, 0.2) is 0 Å². The Balaban J connectivity index is 2.14. The first kappa shape index (κ1) is 8.57. The van der Waals surface area contributed by atoms with Crippen molar-refractivity contribution in [3.05, 3.63) is 29.8 Å². The summed E-state index contributed by atoms with van der Waals surface area (Å²) >= 11 is 0. The minimum atomic E-state index is 0.740. The summed E-state index contributed by atoms with van der Waals surface area (Å²) in [5.41, 5.74) is 2.59. The van der Waals surface area contributed by atoms with Crippen molar-refractivity contribution in [2.45, 2.75) is 13.3 Å². The Morgan fingerprint density at radius 3 is 3.00 bits per heavy atom. The second-order valence-corrected chi connectivity index (χ2v) is 3.49. The topological polar surface area (TPSA) is 12.5 Å². The minimum absolute atomic E-state index is 0.740. The molecule has 70 valence electrons. The van der Waals surface area contributed by atoms with Gasteiger partial charge in [-0.05, 0) is 31.0 Å². The van der Waals surface area contributed by atoms with Crippen LogP contribution < -0.4 is 4.90 Å². The molecule has 2 rings (SSSR count). The summed E-state index contributed by atoms with van der Waals surface area (Å²) < 4.78 is 5.40. The predicted molar refractivity (Wildman–Crippen MR) is 54.0 cm³/mol. The maximum absolute atomic E-state index is 5.40. The monoisotopic (exact) mass is 177 g/mol. The zero-order chi connectivity index (χ0) is 9.10. The van der Waals surface area contributed by atoms with Crippen molar-refractivity contribution < 1.29 is 4.74 Å². The van der Waals surface area contributed by atoms with E-state index in [0.717, 1.165) is 26.3 Å². The molecule has 0 spiro atoms. The Bertz CT molecular complexity index is 279. The number of nitrogens with zero attached hydrogens (tertiary/aromatic N) is 1. The fourth-order valence-corrected chi connectivity index (χ4v) is 1.63. The predicted octanol–water partition coefficient (Wildman–Crippen LogP) is 2.18. The summed E-state index contributed by atoms with van der Waals surface area (Å²) in [7, 11) is 0. The van der Waals surface area contributed by atoms with Gasteiger partial charge in [0.1, 0.15) is 6.73 Å². The second-order valence-electron chi connectivity index (χ2n) is 3.49. The molecule has 0 radical (unpaired) electrons. The van der Waals surface area contributed by atoms with Crippen molar-refractivity contribution in [3.63, 3.8) is 0 Å². The molecule has 1 aromatic carbocycles. The molecule has 0 N–H and O–H groups in total. The maximum atomic E-state index is 5.40. The normalized spacial score (nSPS) is 17.5. The van der Waals surface area contributed by atoms with E-state index < -0.39 is 0 Å². The Morgan fingerprint density at radius 2 is 2.31 bits per heavy atom. The maximum Gasteiger partial charge on any atom is 0.118 e. The molecule has 0 aliphatic carbocycles. The fraction of sp³-hybridized carbons (Fsp3) is 0.455. The summed E-state index contributed by atoms with van der Waals surface area (Å²) in [6.07, 6.45) is 1.13. The third-order valence-electron chi connectivity index (χ3n) is 2.33. The third kappa shape index (κ3) is 2.01. The van der Waals surface area contributed by atoms with Gasteiger partial charge in [0, 0.05) is 12.2 Å². The summed E-state index contributed by atoms with van der Waals surface area (Å²) in [5.74, 6) is 0. The van der Waals surface area contributed by atoms with Crippen molar-refractivity contribution in [1.82, 2.24) is 0 Å². The van der Waals surface area contributed by atoms with Crippen LogP contribution in [0.2, 0.25) is 0 Å². The highest BCUT2D eigenvalue weighted by Gasteiger charge is 2.10. The smallest absolute Gasteiger partial charge is 0.118 e. The molecule has 13 heavy (non-hydrogen) atoms. The van der Waals surface area contributed by atoms with Crippen molar-refractivity contribution in [3.8, 4) is 0 Å². The number of ether oxygens (including phenoxy) is 1. The number of aryl methyl sites for hydroxylation is 1. The molecule has 0 amide bonds. The summed E-state index contributed by atoms with van der Waals surface area (Å²) in [6.45, 7) is 4.88. The SMILES string of the molecule is Cc1cccc(N2CCCOC2)c1. The van der Waals surface area contributed by atoms with Crippen molar-refractivity contribution >= 4 is 5.69 Å². The third-order valence-corrected chi connectivity index (χ3v) is 2.33. The van der Waals surface area contributed by atoms with Gasteiger partial charge >= 0.3 is 0 Å². The number of hydrogen-bond donors (Lipinski definition) is 0. The first-order valence-electron chi connectivity index (χ1n) is 4.75. The quantitative estimate of drug-likeness (QED) is 0.652. The average molecular weight is 177 g/mol. The van der Waals surface area contributed by atoms with E-state index in [-0.39, 0.29) is 0 Å². The first-order chi connectivity index (χ1) is 6.36. The van der Waals surface area contributed by atoms with Crippen LogP contribution in [0.25, 0.3) is 0 Å². The van der Waals surface area contributed by atoms with Gasteiger partial charge in [-0.1, -0.05) is 12.1 Å². The molecule has 1 fully saturated rings. The fourth-order valence-electron chi connectivity index (χ4n) is 1.63. The lowest BCUT2D eigenvalue weighted by Gasteiger charge is -2.28. The molecular weight excluding hydrogens is 162 g/mol. The molecule has 0 unspecified atom stereocenters. The molecule has 2 heteroatoms. The van der Waals surface area contributed by atoms with Crippen LogP contribution in [0.3, 0.4) is 0 Å². The molecule has 1 aliphatic rings. The summed E-state index contributed by atoms with van der Waals surface area (Å²) in [4.78, 5) is 2.27. The van der Waals surface area contributed by atoms with Crippen LogP contribution >= 0.6 is 0 Å². The lowest BCUT2D eigenvalue weighted by atomic mass is 10.2. The van der Waals surface area contributed by atoms with Crippen LogP contribution in [0.4, 0.5) is 5.69 Å². The van der Waals surface area contributed by atoms with Gasteiger partial charge < -0.3 is 9.64 Å². The Hall–Kier alpha value is -1.02. The highest BCUT2D eigenvalue weighted by Crippen LogP contribution is 2.17. The molecular formula is C11H15NO. The number of rotatable bonds is 1. The van der Waals surface area contributed by atoms with Gasteiger partial charge in [-0.25, -0.2) is 0 Å². The Kier molecular flexibility index (Phi) is 2.50. The van der Waals surface area contributed by atoms with Crippen LogP contribution in [-0.4, -0.2) is 19.9 Å². The molecule has 0 aromatic heterocycles. The first-order valence-corrected chi connectivity index (χ1v) is 4.75. The molecule has 2 nitrogen and oxygen atoms in total. The van der Waals surface area contributed by atoms with E-state index in [1.165, 1.54) is 11.3 Å². The average Bonchev–Trinajstić information content (AvgIpc) is 2.19. The van der Waals surface area contributed by atoms with E-state index in [1.807, 2.05) is 0 Å². The molecule has 0 saturated carbocycles. The van der Waals surface area contributed by atoms with Crippen LogP contribution in [0.5, 0.6) is 0 Å². The van der Waals surface area contributed by atoms with Gasteiger partial charge in [0.05, 0.1) is 6.61 Å². The molecule has 0 bridgehead atoms. The van der Waals surface area contributed by atoms with Gasteiger partial charge in [-0.3, -0.25) is 0 Å². The van der Waals surface area contributed by atoms with Gasteiger partial charge in [0.25, 0.3) is 0 Å². The van der Waals surface area contributed by atoms with Crippen LogP contribution in [0.15, 0.2) is 24.3 Å². The number of anilines is 1. The molecule has 1 aromatic rings. The van der Waals surface area contributed by atoms with E-state index in [0.29, 0.717) is 0 Å². The standard InChI is InChI=1S/C11H15NO/c1-10-4-2-5-11(8-10)12-6-3-7-13-9-12/h2,4-5,8H,3,6-7,9H2,1H3. The van der Waals surface area contributed by atoms with Crippen LogP contribution in [0, 0.1) is 6.92 Å². The largest absolute Gasteiger partial charge is 0.361 e. The van der Waals surface area contributed by atoms with Crippen molar-refractivity contribution in [2.24, 2.45) is 0 Å². The van der Waals surface area contributed by atoms with Gasteiger partial charge in [-0.2, -0.15) is 0 Å². The Morgan fingerprint density at radius 1 is 1.38 bits per heavy atom. The summed E-state index contributed by atoms with van der Waals surface area (Å²) in [5, 5.41) is 0.